The number of nitrogens with zero attached hydrogens (tertiary/aromatic N) is 6. The molecule has 0 radical (unpaired) electrons. The fourth-order valence-corrected chi connectivity index (χ4v) is 4.49. The van der Waals surface area contributed by atoms with Gasteiger partial charge in [0.15, 0.2) is 5.78 Å². The van der Waals surface area contributed by atoms with Gasteiger partial charge in [-0.15, -0.1) is 0 Å². The van der Waals surface area contributed by atoms with Gasteiger partial charge in [0, 0.05) is 36.8 Å². The number of anilines is 1. The Bertz CT molecular complexity index is 1500. The fourth-order valence-electron chi connectivity index (χ4n) is 4.15. The van der Waals surface area contributed by atoms with E-state index < -0.39 is 6.04 Å². The van der Waals surface area contributed by atoms with Gasteiger partial charge in [0.1, 0.15) is 34.5 Å². The molecule has 1 fully saturated rings. The second kappa shape index (κ2) is 9.57. The predicted molar refractivity (Wildman–Crippen MR) is 136 cm³/mol. The van der Waals surface area contributed by atoms with Crippen LogP contribution >= 0.6 is 15.9 Å². The van der Waals surface area contributed by atoms with E-state index in [-0.39, 0.29) is 29.8 Å². The molecule has 0 bridgehead atoms. The SMILES string of the molecule is CC(=O)c1nn(CC(=O)N2CCC2C(=O)Nc2cccc(Br)n2)c2ccc(-c3cnc(C)nc3)cc12. The zero-order chi connectivity index (χ0) is 25.4. The minimum absolute atomic E-state index is 0.0876. The molecule has 4 heterocycles. The quantitative estimate of drug-likeness (QED) is 0.290. The molecule has 1 aliphatic heterocycles. The molecule has 36 heavy (non-hydrogen) atoms. The first-order valence-electron chi connectivity index (χ1n) is 11.3. The summed E-state index contributed by atoms with van der Waals surface area (Å²) in [6.45, 7) is 3.64. The summed E-state index contributed by atoms with van der Waals surface area (Å²) in [6, 6.07) is 10.2. The highest BCUT2D eigenvalue weighted by atomic mass is 79.9. The van der Waals surface area contributed by atoms with Crippen LogP contribution in [0.1, 0.15) is 29.7 Å². The first kappa shape index (κ1) is 23.7. The third-order valence-electron chi connectivity index (χ3n) is 6.09. The maximum Gasteiger partial charge on any atom is 0.248 e. The van der Waals surface area contributed by atoms with Crippen LogP contribution in [0.4, 0.5) is 5.82 Å². The van der Waals surface area contributed by atoms with Gasteiger partial charge in [0.25, 0.3) is 0 Å². The average Bonchev–Trinajstić information content (AvgIpc) is 3.16. The van der Waals surface area contributed by atoms with Crippen molar-refractivity contribution in [3.05, 3.63) is 64.9 Å². The molecule has 1 unspecified atom stereocenters. The summed E-state index contributed by atoms with van der Waals surface area (Å²) in [5.74, 6) is 0.333. The Morgan fingerprint density at radius 1 is 1.11 bits per heavy atom. The van der Waals surface area contributed by atoms with Crippen LogP contribution in [-0.4, -0.2) is 59.8 Å². The molecule has 0 spiro atoms. The number of nitrogens with one attached hydrogen (secondary N) is 1. The Labute approximate surface area is 214 Å². The molecule has 10 nitrogen and oxygen atoms in total. The summed E-state index contributed by atoms with van der Waals surface area (Å²) in [7, 11) is 0. The van der Waals surface area contributed by atoms with Crippen molar-refractivity contribution < 1.29 is 14.4 Å². The normalized spacial score (nSPS) is 15.0. The summed E-state index contributed by atoms with van der Waals surface area (Å²) >= 11 is 3.28. The Hall–Kier alpha value is -3.99. The molecule has 1 aliphatic rings. The lowest BCUT2D eigenvalue weighted by molar-refractivity contribution is -0.145. The van der Waals surface area contributed by atoms with E-state index in [4.69, 9.17) is 0 Å². The molecule has 1 atom stereocenters. The third-order valence-corrected chi connectivity index (χ3v) is 6.53. The number of carbonyl (C=O) groups is 3. The molecule has 3 aromatic heterocycles. The summed E-state index contributed by atoms with van der Waals surface area (Å²) in [5.41, 5.74) is 2.60. The van der Waals surface area contributed by atoms with Crippen LogP contribution in [0.3, 0.4) is 0 Å². The van der Waals surface area contributed by atoms with Gasteiger partial charge in [-0.3, -0.25) is 19.1 Å². The highest BCUT2D eigenvalue weighted by Crippen LogP contribution is 2.27. The molecule has 4 aromatic rings. The number of ketones is 1. The third kappa shape index (κ3) is 4.61. The number of rotatable bonds is 6. The molecular formula is C25H22BrN7O3. The van der Waals surface area contributed by atoms with E-state index in [2.05, 4.69) is 41.3 Å². The van der Waals surface area contributed by atoms with E-state index in [1.807, 2.05) is 25.1 Å². The van der Waals surface area contributed by atoms with Gasteiger partial charge in [-0.1, -0.05) is 12.1 Å². The minimum atomic E-state index is -0.583. The van der Waals surface area contributed by atoms with Gasteiger partial charge < -0.3 is 10.2 Å². The molecular weight excluding hydrogens is 526 g/mol. The first-order chi connectivity index (χ1) is 17.3. The van der Waals surface area contributed by atoms with Crippen molar-refractivity contribution in [3.63, 3.8) is 0 Å². The predicted octanol–water partition coefficient (Wildman–Crippen LogP) is 3.40. The number of likely N-dealkylation sites (tertiary alicyclic amines) is 1. The maximum atomic E-state index is 13.1. The van der Waals surface area contributed by atoms with Crippen molar-refractivity contribution in [3.8, 4) is 11.1 Å². The number of Topliss-reactive ketones (excluding diaryl/α,β-unsaturated/α-hetero) is 1. The lowest BCUT2D eigenvalue weighted by Gasteiger charge is -2.39. The summed E-state index contributed by atoms with van der Waals surface area (Å²) < 4.78 is 2.12. The van der Waals surface area contributed by atoms with Crippen LogP contribution in [0.2, 0.25) is 0 Å². The van der Waals surface area contributed by atoms with Gasteiger partial charge in [-0.05, 0) is 59.1 Å². The maximum absolute atomic E-state index is 13.1. The molecule has 5 rings (SSSR count). The Morgan fingerprint density at radius 3 is 2.56 bits per heavy atom. The Balaban J connectivity index is 1.36. The topological polar surface area (TPSA) is 123 Å². The summed E-state index contributed by atoms with van der Waals surface area (Å²) in [4.78, 5) is 52.4. The molecule has 11 heteroatoms. The average molecular weight is 548 g/mol. The molecule has 1 N–H and O–H groups in total. The lowest BCUT2D eigenvalue weighted by Crippen LogP contribution is -2.57. The summed E-state index contributed by atoms with van der Waals surface area (Å²) in [5, 5.41) is 7.84. The van der Waals surface area contributed by atoms with Crippen LogP contribution in [-0.2, 0) is 16.1 Å². The number of aryl methyl sites for hydroxylation is 1. The number of benzene rings is 1. The number of fused-ring (bicyclic) bond motifs is 1. The lowest BCUT2D eigenvalue weighted by atomic mass is 10.0. The standard InChI is InChI=1S/C25H22BrN7O3/c1-14(34)24-18-10-16(17-11-27-15(2)28-12-17)6-7-19(18)33(31-24)13-23(35)32-9-8-20(32)25(36)30-22-5-3-4-21(26)29-22/h3-7,10-12,20H,8-9,13H2,1-2H3,(H,29,30,36). The van der Waals surface area contributed by atoms with Crippen LogP contribution in [0, 0.1) is 6.92 Å². The number of hydrogen-bond acceptors (Lipinski definition) is 7. The smallest absolute Gasteiger partial charge is 0.248 e. The van der Waals surface area contributed by atoms with Crippen LogP contribution in [0.25, 0.3) is 22.0 Å². The van der Waals surface area contributed by atoms with Gasteiger partial charge >= 0.3 is 0 Å². The van der Waals surface area contributed by atoms with Crippen molar-refractivity contribution >= 4 is 50.2 Å². The van der Waals surface area contributed by atoms with E-state index >= 15 is 0 Å². The molecule has 0 saturated carbocycles. The van der Waals surface area contributed by atoms with Crippen LogP contribution in [0.5, 0.6) is 0 Å². The van der Waals surface area contributed by atoms with Crippen molar-refractivity contribution in [2.24, 2.45) is 0 Å². The summed E-state index contributed by atoms with van der Waals surface area (Å²) in [6.07, 6.45) is 4.01. The number of hydrogen-bond donors (Lipinski definition) is 1. The largest absolute Gasteiger partial charge is 0.329 e. The number of pyridine rings is 1. The second-order valence-corrected chi connectivity index (χ2v) is 9.35. The molecule has 2 amide bonds. The van der Waals surface area contributed by atoms with E-state index in [9.17, 15) is 14.4 Å². The van der Waals surface area contributed by atoms with E-state index in [1.165, 1.54) is 16.5 Å². The molecule has 182 valence electrons. The number of amides is 2. The van der Waals surface area contributed by atoms with Gasteiger partial charge in [0.05, 0.1) is 5.52 Å². The van der Waals surface area contributed by atoms with Crippen molar-refractivity contribution in [1.29, 1.82) is 0 Å². The zero-order valence-electron chi connectivity index (χ0n) is 19.6. The monoisotopic (exact) mass is 547 g/mol. The Kier molecular flexibility index (Phi) is 6.31. The Morgan fingerprint density at radius 2 is 1.89 bits per heavy atom. The fraction of sp³-hybridized carbons (Fsp3) is 0.240. The number of carbonyl (C=O) groups excluding carboxylic acids is 3. The van der Waals surface area contributed by atoms with Crippen molar-refractivity contribution in [2.75, 3.05) is 11.9 Å². The highest BCUT2D eigenvalue weighted by molar-refractivity contribution is 9.10. The molecule has 1 saturated heterocycles. The van der Waals surface area contributed by atoms with Gasteiger partial charge in [-0.25, -0.2) is 15.0 Å². The van der Waals surface area contributed by atoms with E-state index in [0.717, 1.165) is 11.1 Å². The highest BCUT2D eigenvalue weighted by Gasteiger charge is 2.38. The second-order valence-electron chi connectivity index (χ2n) is 8.54. The van der Waals surface area contributed by atoms with Crippen LogP contribution < -0.4 is 5.32 Å². The van der Waals surface area contributed by atoms with Gasteiger partial charge in [0.2, 0.25) is 11.8 Å². The zero-order valence-corrected chi connectivity index (χ0v) is 21.2. The van der Waals surface area contributed by atoms with Crippen molar-refractivity contribution in [2.45, 2.75) is 32.9 Å². The van der Waals surface area contributed by atoms with Gasteiger partial charge in [-0.2, -0.15) is 5.10 Å². The molecule has 1 aromatic carbocycles. The van der Waals surface area contributed by atoms with Crippen molar-refractivity contribution in [1.82, 2.24) is 29.6 Å². The first-order valence-corrected chi connectivity index (χ1v) is 12.1. The number of aromatic nitrogens is 5. The number of halogens is 1. The van der Waals surface area contributed by atoms with E-state index in [0.29, 0.717) is 40.1 Å². The van der Waals surface area contributed by atoms with Crippen LogP contribution in [0.15, 0.2) is 53.4 Å². The minimum Gasteiger partial charge on any atom is -0.329 e. The molecule has 0 aliphatic carbocycles. The van der Waals surface area contributed by atoms with E-state index in [1.54, 1.807) is 30.6 Å².